The average molecular weight is 515 g/mol. The molecule has 1 aliphatic rings. The lowest BCUT2D eigenvalue weighted by Crippen LogP contribution is -2.37. The highest BCUT2D eigenvalue weighted by atomic mass is 79.9. The monoisotopic (exact) mass is 513 g/mol. The second-order valence-corrected chi connectivity index (χ2v) is 8.49. The van der Waals surface area contributed by atoms with Crippen molar-refractivity contribution in [2.24, 2.45) is 5.10 Å². The van der Waals surface area contributed by atoms with Crippen molar-refractivity contribution in [3.8, 4) is 11.5 Å². The highest BCUT2D eigenvalue weighted by Crippen LogP contribution is 2.41. The number of nitrogens with zero attached hydrogens (tertiary/aromatic N) is 3. The van der Waals surface area contributed by atoms with Crippen molar-refractivity contribution in [1.82, 2.24) is 0 Å². The maximum absolute atomic E-state index is 12.7. The van der Waals surface area contributed by atoms with Crippen molar-refractivity contribution in [2.45, 2.75) is 13.1 Å². The van der Waals surface area contributed by atoms with Crippen LogP contribution in [0.25, 0.3) is 0 Å². The number of methoxy groups -OCH3 is 2. The first-order valence-corrected chi connectivity index (χ1v) is 11.0. The second-order valence-electron chi connectivity index (χ2n) is 7.14. The number of halogens is 2. The standard InChI is InChI=1S/C24H21BrClN3O3/c1-15(30)23-27-29(20-11-7-18(26)8-12-20)24(28(23)19-9-5-17(25)6-10-19)16-4-13-21(31-2)22(14-16)32-3/h4-14,24H,1-3H3/t24-/m0/s1. The molecule has 0 aliphatic carbocycles. The van der Waals surface area contributed by atoms with Gasteiger partial charge in [0.25, 0.3) is 0 Å². The molecular formula is C24H21BrClN3O3. The molecule has 1 aliphatic heterocycles. The van der Waals surface area contributed by atoms with Crippen LogP contribution in [0.15, 0.2) is 76.3 Å². The van der Waals surface area contributed by atoms with E-state index >= 15 is 0 Å². The van der Waals surface area contributed by atoms with Crippen molar-refractivity contribution in [3.63, 3.8) is 0 Å². The lowest BCUT2D eigenvalue weighted by molar-refractivity contribution is -0.111. The zero-order valence-electron chi connectivity index (χ0n) is 17.8. The summed E-state index contributed by atoms with van der Waals surface area (Å²) in [7, 11) is 3.19. The summed E-state index contributed by atoms with van der Waals surface area (Å²) in [6, 6.07) is 20.8. The Kier molecular flexibility index (Phi) is 6.39. The van der Waals surface area contributed by atoms with Crippen LogP contribution in [0, 0.1) is 0 Å². The van der Waals surface area contributed by atoms with Gasteiger partial charge in [0.05, 0.1) is 19.9 Å². The van der Waals surface area contributed by atoms with E-state index in [9.17, 15) is 4.79 Å². The van der Waals surface area contributed by atoms with Crippen LogP contribution in [0.1, 0.15) is 18.7 Å². The smallest absolute Gasteiger partial charge is 0.198 e. The maximum Gasteiger partial charge on any atom is 0.198 e. The predicted octanol–water partition coefficient (Wildman–Crippen LogP) is 6.05. The molecule has 8 heteroatoms. The largest absolute Gasteiger partial charge is 0.493 e. The molecule has 0 radical (unpaired) electrons. The number of rotatable bonds is 6. The molecule has 6 nitrogen and oxygen atoms in total. The number of carbonyl (C=O) groups is 1. The van der Waals surface area contributed by atoms with Crippen LogP contribution < -0.4 is 19.4 Å². The molecule has 0 bridgehead atoms. The Morgan fingerprint density at radius 1 is 0.938 bits per heavy atom. The number of carbonyl (C=O) groups excluding carboxylic acids is 1. The van der Waals surface area contributed by atoms with Gasteiger partial charge in [0, 0.05) is 27.7 Å². The van der Waals surface area contributed by atoms with E-state index in [1.807, 2.05) is 64.5 Å². The maximum atomic E-state index is 12.7. The fourth-order valence-electron chi connectivity index (χ4n) is 3.63. The fraction of sp³-hybridized carbons (Fsp3) is 0.167. The summed E-state index contributed by atoms with van der Waals surface area (Å²) in [6.07, 6.45) is -0.434. The molecule has 3 aromatic carbocycles. The molecule has 0 spiro atoms. The van der Waals surface area contributed by atoms with Gasteiger partial charge >= 0.3 is 0 Å². The van der Waals surface area contributed by atoms with Gasteiger partial charge in [-0.1, -0.05) is 33.6 Å². The van der Waals surface area contributed by atoms with Crippen molar-refractivity contribution in [1.29, 1.82) is 0 Å². The number of hydrogen-bond acceptors (Lipinski definition) is 6. The third kappa shape index (κ3) is 4.18. The van der Waals surface area contributed by atoms with Crippen molar-refractivity contribution < 1.29 is 14.3 Å². The minimum absolute atomic E-state index is 0.144. The molecule has 0 saturated heterocycles. The van der Waals surface area contributed by atoms with E-state index < -0.39 is 6.17 Å². The summed E-state index contributed by atoms with van der Waals surface area (Å²) in [5, 5.41) is 7.16. The van der Waals surface area contributed by atoms with Gasteiger partial charge in [0.1, 0.15) is 0 Å². The number of amidine groups is 1. The molecule has 4 rings (SSSR count). The van der Waals surface area contributed by atoms with Gasteiger partial charge in [-0.15, -0.1) is 5.10 Å². The molecule has 1 atom stereocenters. The Balaban J connectivity index is 1.91. The van der Waals surface area contributed by atoms with E-state index in [2.05, 4.69) is 15.9 Å². The van der Waals surface area contributed by atoms with E-state index in [1.165, 1.54) is 6.92 Å². The number of ketones is 1. The Hall–Kier alpha value is -3.03. The van der Waals surface area contributed by atoms with Gasteiger partial charge in [0.15, 0.2) is 29.3 Å². The van der Waals surface area contributed by atoms with Crippen LogP contribution in [-0.2, 0) is 4.79 Å². The fourth-order valence-corrected chi connectivity index (χ4v) is 4.02. The van der Waals surface area contributed by atoms with Crippen LogP contribution in [0.4, 0.5) is 11.4 Å². The van der Waals surface area contributed by atoms with Gasteiger partial charge in [-0.25, -0.2) is 5.01 Å². The minimum Gasteiger partial charge on any atom is -0.493 e. The first-order valence-electron chi connectivity index (χ1n) is 9.84. The average Bonchev–Trinajstić information content (AvgIpc) is 3.20. The summed E-state index contributed by atoms with van der Waals surface area (Å²) in [5.41, 5.74) is 2.51. The minimum atomic E-state index is -0.434. The summed E-state index contributed by atoms with van der Waals surface area (Å²) in [6.45, 7) is 1.52. The second kappa shape index (κ2) is 9.22. The molecule has 0 aromatic heterocycles. The first kappa shape index (κ1) is 22.2. The molecule has 32 heavy (non-hydrogen) atoms. The quantitative estimate of drug-likeness (QED) is 0.401. The number of ether oxygens (including phenoxy) is 2. The number of Topliss-reactive ketones (excluding diaryl/α,β-unsaturated/α-hetero) is 1. The molecule has 0 unspecified atom stereocenters. The third-order valence-corrected chi connectivity index (χ3v) is 5.90. The van der Waals surface area contributed by atoms with Crippen LogP contribution in [-0.4, -0.2) is 25.8 Å². The normalized spacial score (nSPS) is 15.5. The molecule has 0 amide bonds. The van der Waals surface area contributed by atoms with E-state index in [-0.39, 0.29) is 5.78 Å². The molecule has 3 aromatic rings. The van der Waals surface area contributed by atoms with E-state index in [4.69, 9.17) is 26.2 Å². The van der Waals surface area contributed by atoms with Gasteiger partial charge in [0.2, 0.25) is 0 Å². The third-order valence-electron chi connectivity index (χ3n) is 5.12. The Labute approximate surface area is 200 Å². The van der Waals surface area contributed by atoms with E-state index in [1.54, 1.807) is 26.4 Å². The molecule has 0 N–H and O–H groups in total. The summed E-state index contributed by atoms with van der Waals surface area (Å²) in [5.74, 6) is 1.40. The Bertz CT molecular complexity index is 1170. The summed E-state index contributed by atoms with van der Waals surface area (Å²) in [4.78, 5) is 14.6. The molecule has 164 valence electrons. The van der Waals surface area contributed by atoms with E-state index in [0.717, 1.165) is 21.4 Å². The predicted molar refractivity (Wildman–Crippen MR) is 131 cm³/mol. The number of hydrazone groups is 1. The van der Waals surface area contributed by atoms with Crippen LogP contribution in [0.3, 0.4) is 0 Å². The molecular weight excluding hydrogens is 494 g/mol. The van der Waals surface area contributed by atoms with Gasteiger partial charge in [-0.3, -0.25) is 9.69 Å². The van der Waals surface area contributed by atoms with Gasteiger partial charge in [-0.05, 0) is 60.7 Å². The van der Waals surface area contributed by atoms with Crippen molar-refractivity contribution in [3.05, 3.63) is 81.8 Å². The Morgan fingerprint density at radius 3 is 2.16 bits per heavy atom. The zero-order valence-corrected chi connectivity index (χ0v) is 20.1. The van der Waals surface area contributed by atoms with Gasteiger partial charge in [-0.2, -0.15) is 0 Å². The van der Waals surface area contributed by atoms with Crippen LogP contribution >= 0.6 is 27.5 Å². The van der Waals surface area contributed by atoms with Gasteiger partial charge < -0.3 is 9.47 Å². The van der Waals surface area contributed by atoms with Crippen molar-refractivity contribution >= 4 is 50.5 Å². The highest BCUT2D eigenvalue weighted by Gasteiger charge is 2.39. The highest BCUT2D eigenvalue weighted by molar-refractivity contribution is 9.10. The van der Waals surface area contributed by atoms with E-state index in [0.29, 0.717) is 22.4 Å². The SMILES string of the molecule is COc1ccc([C@@H]2N(c3ccc(Cl)cc3)N=C(C(C)=O)N2c2ccc(Br)cc2)cc1OC. The molecule has 0 saturated carbocycles. The number of hydrogen-bond donors (Lipinski definition) is 0. The van der Waals surface area contributed by atoms with Crippen molar-refractivity contribution in [2.75, 3.05) is 24.1 Å². The summed E-state index contributed by atoms with van der Waals surface area (Å²) < 4.78 is 11.9. The zero-order chi connectivity index (χ0) is 22.8. The lowest BCUT2D eigenvalue weighted by atomic mass is 10.1. The summed E-state index contributed by atoms with van der Waals surface area (Å²) >= 11 is 9.59. The first-order chi connectivity index (χ1) is 15.4. The Morgan fingerprint density at radius 2 is 1.56 bits per heavy atom. The lowest BCUT2D eigenvalue weighted by Gasteiger charge is -2.32. The molecule has 0 fully saturated rings. The molecule has 1 heterocycles. The van der Waals surface area contributed by atoms with Crippen LogP contribution in [0.5, 0.6) is 11.5 Å². The van der Waals surface area contributed by atoms with Crippen LogP contribution in [0.2, 0.25) is 5.02 Å². The topological polar surface area (TPSA) is 54.4 Å². The number of benzene rings is 3. The number of anilines is 2.